The van der Waals surface area contributed by atoms with Gasteiger partial charge in [-0.1, -0.05) is 17.7 Å². The molecular weight excluding hydrogens is 326 g/mol. The van der Waals surface area contributed by atoms with Crippen LogP contribution in [0, 0.1) is 6.92 Å². The number of morpholine rings is 1. The molecule has 2 aromatic rings. The third kappa shape index (κ3) is 3.54. The summed E-state index contributed by atoms with van der Waals surface area (Å²) in [4.78, 5) is 41.0. The van der Waals surface area contributed by atoms with Gasteiger partial charge in [0.05, 0.1) is 24.5 Å². The lowest BCUT2D eigenvalue weighted by molar-refractivity contribution is 0.0336. The number of hydrogen-bond acceptors (Lipinski definition) is 5. The van der Waals surface area contributed by atoms with Gasteiger partial charge in [-0.25, -0.2) is 14.2 Å². The van der Waals surface area contributed by atoms with Crippen LogP contribution in [0.5, 0.6) is 0 Å². The molecule has 0 spiro atoms. The van der Waals surface area contributed by atoms with Gasteiger partial charge in [0, 0.05) is 19.6 Å². The van der Waals surface area contributed by atoms with Crippen LogP contribution in [0.4, 0.5) is 0 Å². The summed E-state index contributed by atoms with van der Waals surface area (Å²) in [5, 5.41) is 9.38. The maximum absolute atomic E-state index is 12.9. The van der Waals surface area contributed by atoms with Gasteiger partial charge in [-0.2, -0.15) is 0 Å². The lowest BCUT2D eigenvalue weighted by atomic mass is 10.2. The Morgan fingerprint density at radius 1 is 1.20 bits per heavy atom. The molecule has 1 aliphatic rings. The maximum atomic E-state index is 12.9. The molecule has 0 aliphatic carbocycles. The van der Waals surface area contributed by atoms with E-state index in [1.807, 2.05) is 11.8 Å². The van der Waals surface area contributed by atoms with E-state index in [1.165, 1.54) is 0 Å². The zero-order chi connectivity index (χ0) is 18.0. The molecule has 1 saturated heterocycles. The molecule has 0 saturated carbocycles. The van der Waals surface area contributed by atoms with Crippen LogP contribution in [0.1, 0.15) is 21.6 Å². The number of H-pyrrole nitrogens is 1. The number of nitrogens with one attached hydrogen (secondary N) is 1. The molecule has 1 aliphatic heterocycles. The predicted octanol–water partition coefficient (Wildman–Crippen LogP) is 0.365. The third-order valence-electron chi connectivity index (χ3n) is 4.19. The first kappa shape index (κ1) is 17.1. The molecule has 132 valence electrons. The van der Waals surface area contributed by atoms with Crippen molar-refractivity contribution in [2.24, 2.45) is 0 Å². The number of aryl methyl sites for hydroxylation is 1. The second-order valence-corrected chi connectivity index (χ2v) is 5.95. The molecule has 0 atom stereocenters. The molecule has 1 fully saturated rings. The number of carboxylic acids is 1. The van der Waals surface area contributed by atoms with Crippen LogP contribution < -0.4 is 11.2 Å². The van der Waals surface area contributed by atoms with Crippen molar-refractivity contribution in [1.29, 1.82) is 0 Å². The number of carbonyl (C=O) groups is 1. The van der Waals surface area contributed by atoms with Crippen LogP contribution in [-0.2, 0) is 11.3 Å². The zero-order valence-corrected chi connectivity index (χ0v) is 13.8. The Morgan fingerprint density at radius 3 is 2.44 bits per heavy atom. The van der Waals surface area contributed by atoms with E-state index in [0.29, 0.717) is 32.0 Å². The van der Waals surface area contributed by atoms with Crippen molar-refractivity contribution in [2.75, 3.05) is 26.3 Å². The fraction of sp³-hybridized carbons (Fsp3) is 0.353. The van der Waals surface area contributed by atoms with Crippen molar-refractivity contribution in [3.63, 3.8) is 0 Å². The summed E-state index contributed by atoms with van der Waals surface area (Å²) < 4.78 is 6.24. The van der Waals surface area contributed by atoms with Crippen LogP contribution in [0.25, 0.3) is 5.69 Å². The van der Waals surface area contributed by atoms with Crippen LogP contribution >= 0.6 is 0 Å². The van der Waals surface area contributed by atoms with E-state index >= 15 is 0 Å². The normalized spacial score (nSPS) is 15.2. The Kier molecular flexibility index (Phi) is 4.82. The van der Waals surface area contributed by atoms with E-state index in [4.69, 9.17) is 4.74 Å². The summed E-state index contributed by atoms with van der Waals surface area (Å²) in [7, 11) is 0. The largest absolute Gasteiger partial charge is 0.477 e. The Morgan fingerprint density at radius 2 is 1.84 bits per heavy atom. The van der Waals surface area contributed by atoms with E-state index < -0.39 is 17.2 Å². The molecule has 2 heterocycles. The van der Waals surface area contributed by atoms with Gasteiger partial charge in [-0.05, 0) is 19.1 Å². The molecule has 1 aromatic carbocycles. The monoisotopic (exact) mass is 345 g/mol. The molecule has 3 rings (SSSR count). The molecule has 0 radical (unpaired) electrons. The lowest BCUT2D eigenvalue weighted by Gasteiger charge is -2.26. The second kappa shape index (κ2) is 7.04. The standard InChI is InChI=1S/C17H19N3O5/c1-11-2-4-12(5-3-11)20-15(21)13(10-19-6-8-25-9-7-19)14(16(22)23)18-17(20)24/h2-5H,6-10H2,1H3,(H,18,24)(H,22,23). The SMILES string of the molecule is Cc1ccc(-n2c(=O)[nH]c(C(=O)O)c(CN3CCOCC3)c2=O)cc1. The highest BCUT2D eigenvalue weighted by molar-refractivity contribution is 5.86. The minimum atomic E-state index is -1.33. The highest BCUT2D eigenvalue weighted by Crippen LogP contribution is 2.09. The smallest absolute Gasteiger partial charge is 0.352 e. The number of aromatic nitrogens is 2. The fourth-order valence-electron chi connectivity index (χ4n) is 2.81. The lowest BCUT2D eigenvalue weighted by Crippen LogP contribution is -2.42. The molecule has 1 aromatic heterocycles. The molecule has 0 bridgehead atoms. The van der Waals surface area contributed by atoms with Crippen LogP contribution in [0.15, 0.2) is 33.9 Å². The number of carboxylic acid groups (broad SMARTS) is 1. The minimum absolute atomic E-state index is 0.0644. The highest BCUT2D eigenvalue weighted by atomic mass is 16.5. The quantitative estimate of drug-likeness (QED) is 0.829. The van der Waals surface area contributed by atoms with Crippen molar-refractivity contribution < 1.29 is 14.6 Å². The zero-order valence-electron chi connectivity index (χ0n) is 13.8. The van der Waals surface area contributed by atoms with Gasteiger partial charge < -0.3 is 14.8 Å². The molecular formula is C17H19N3O5. The predicted molar refractivity (Wildman–Crippen MR) is 90.5 cm³/mol. The van der Waals surface area contributed by atoms with E-state index in [1.54, 1.807) is 24.3 Å². The van der Waals surface area contributed by atoms with E-state index in [2.05, 4.69) is 4.98 Å². The Bertz CT molecular complexity index is 892. The Hall–Kier alpha value is -2.71. The minimum Gasteiger partial charge on any atom is -0.477 e. The molecule has 25 heavy (non-hydrogen) atoms. The van der Waals surface area contributed by atoms with E-state index in [0.717, 1.165) is 10.1 Å². The highest BCUT2D eigenvalue weighted by Gasteiger charge is 2.22. The first-order chi connectivity index (χ1) is 12.0. The van der Waals surface area contributed by atoms with Gasteiger partial charge in [0.15, 0.2) is 0 Å². The Labute approximate surface area is 143 Å². The summed E-state index contributed by atoms with van der Waals surface area (Å²) in [5.41, 5.74) is -0.283. The molecule has 2 N–H and O–H groups in total. The summed E-state index contributed by atoms with van der Waals surface area (Å²) in [6, 6.07) is 6.89. The summed E-state index contributed by atoms with van der Waals surface area (Å²) in [6.45, 7) is 4.29. The van der Waals surface area contributed by atoms with Crippen LogP contribution in [0.3, 0.4) is 0 Å². The van der Waals surface area contributed by atoms with E-state index in [9.17, 15) is 19.5 Å². The number of aromatic amines is 1. The molecule has 0 amide bonds. The number of hydrogen-bond donors (Lipinski definition) is 2. The average molecular weight is 345 g/mol. The van der Waals surface area contributed by atoms with Gasteiger partial charge in [-0.3, -0.25) is 9.69 Å². The first-order valence-corrected chi connectivity index (χ1v) is 7.96. The van der Waals surface area contributed by atoms with Gasteiger partial charge in [-0.15, -0.1) is 0 Å². The number of aromatic carboxylic acids is 1. The summed E-state index contributed by atoms with van der Waals surface area (Å²) in [5.74, 6) is -1.33. The van der Waals surface area contributed by atoms with Crippen molar-refractivity contribution in [3.05, 3.63) is 61.9 Å². The number of nitrogens with zero attached hydrogens (tertiary/aromatic N) is 2. The first-order valence-electron chi connectivity index (χ1n) is 7.96. The van der Waals surface area contributed by atoms with E-state index in [-0.39, 0.29) is 17.8 Å². The van der Waals surface area contributed by atoms with Crippen molar-refractivity contribution in [2.45, 2.75) is 13.5 Å². The second-order valence-electron chi connectivity index (χ2n) is 5.95. The molecule has 8 heteroatoms. The molecule has 0 unspecified atom stereocenters. The third-order valence-corrected chi connectivity index (χ3v) is 4.19. The van der Waals surface area contributed by atoms with Gasteiger partial charge >= 0.3 is 11.7 Å². The van der Waals surface area contributed by atoms with Crippen LogP contribution in [0.2, 0.25) is 0 Å². The average Bonchev–Trinajstić information content (AvgIpc) is 2.59. The fourth-order valence-corrected chi connectivity index (χ4v) is 2.81. The van der Waals surface area contributed by atoms with Gasteiger partial charge in [0.2, 0.25) is 0 Å². The van der Waals surface area contributed by atoms with Gasteiger partial charge in [0.1, 0.15) is 5.69 Å². The maximum Gasteiger partial charge on any atom is 0.352 e. The van der Waals surface area contributed by atoms with Crippen LogP contribution in [-0.4, -0.2) is 51.8 Å². The summed E-state index contributed by atoms with van der Waals surface area (Å²) >= 11 is 0. The van der Waals surface area contributed by atoms with Crippen molar-refractivity contribution in [1.82, 2.24) is 14.5 Å². The number of rotatable bonds is 4. The van der Waals surface area contributed by atoms with Crippen molar-refractivity contribution in [3.8, 4) is 5.69 Å². The topological polar surface area (TPSA) is 105 Å². The Balaban J connectivity index is 2.12. The number of benzene rings is 1. The summed E-state index contributed by atoms with van der Waals surface area (Å²) in [6.07, 6.45) is 0. The molecule has 8 nitrogen and oxygen atoms in total. The number of ether oxygens (including phenoxy) is 1. The van der Waals surface area contributed by atoms with Crippen molar-refractivity contribution >= 4 is 5.97 Å². The van der Waals surface area contributed by atoms with Gasteiger partial charge in [0.25, 0.3) is 5.56 Å².